The van der Waals surface area contributed by atoms with Crippen LogP contribution in [-0.4, -0.2) is 49.7 Å². The summed E-state index contributed by atoms with van der Waals surface area (Å²) in [4.78, 5) is 0.267. The number of aryl methyl sites for hydroxylation is 1. The van der Waals surface area contributed by atoms with E-state index in [2.05, 4.69) is 10.2 Å². The Morgan fingerprint density at radius 2 is 1.94 bits per heavy atom. The van der Waals surface area contributed by atoms with Crippen molar-refractivity contribution in [1.29, 1.82) is 0 Å². The van der Waals surface area contributed by atoms with Gasteiger partial charge in [-0.2, -0.15) is 4.31 Å². The maximum atomic E-state index is 13.3. The summed E-state index contributed by atoms with van der Waals surface area (Å²) in [5, 5.41) is 8.37. The van der Waals surface area contributed by atoms with Crippen molar-refractivity contribution in [2.75, 3.05) is 26.8 Å². The van der Waals surface area contributed by atoms with Crippen LogP contribution in [0.1, 0.15) is 37.1 Å². The normalized spacial score (nSPS) is 17.3. The summed E-state index contributed by atoms with van der Waals surface area (Å²) in [5.74, 6) is 2.15. The highest BCUT2D eigenvalue weighted by Crippen LogP contribution is 2.32. The molecule has 2 aromatic carbocycles. The average molecular weight is 458 g/mol. The predicted octanol–water partition coefficient (Wildman–Crippen LogP) is 4.02. The molecule has 0 amide bonds. The number of aromatic nitrogens is 2. The van der Waals surface area contributed by atoms with Gasteiger partial charge in [0.2, 0.25) is 21.8 Å². The lowest BCUT2D eigenvalue weighted by molar-refractivity contribution is 0.286. The van der Waals surface area contributed by atoms with E-state index >= 15 is 0 Å². The van der Waals surface area contributed by atoms with Crippen LogP contribution in [0.2, 0.25) is 0 Å². The summed E-state index contributed by atoms with van der Waals surface area (Å²) in [6.45, 7) is 5.05. The van der Waals surface area contributed by atoms with Gasteiger partial charge in [-0.25, -0.2) is 8.42 Å². The SMILES string of the molecule is CCOc1ccc(S(=O)(=O)N2CCC[C@H](c3nnc(-c4ccc(OC)cc4)o3)C2)cc1C. The first-order valence-electron chi connectivity index (χ1n) is 10.6. The van der Waals surface area contributed by atoms with Gasteiger partial charge in [-0.15, -0.1) is 10.2 Å². The fourth-order valence-electron chi connectivity index (χ4n) is 3.86. The number of methoxy groups -OCH3 is 1. The third kappa shape index (κ3) is 4.49. The van der Waals surface area contributed by atoms with Gasteiger partial charge in [0, 0.05) is 18.7 Å². The van der Waals surface area contributed by atoms with Gasteiger partial charge in [0.15, 0.2) is 0 Å². The molecule has 1 fully saturated rings. The molecule has 0 saturated carbocycles. The number of ether oxygens (including phenoxy) is 2. The van der Waals surface area contributed by atoms with Crippen LogP contribution < -0.4 is 9.47 Å². The highest BCUT2D eigenvalue weighted by Gasteiger charge is 2.33. The Balaban J connectivity index is 1.52. The molecule has 1 aliphatic heterocycles. The molecule has 1 aromatic heterocycles. The molecule has 0 spiro atoms. The molecule has 0 N–H and O–H groups in total. The van der Waals surface area contributed by atoms with Gasteiger partial charge in [0.1, 0.15) is 11.5 Å². The van der Waals surface area contributed by atoms with Crippen LogP contribution in [0.3, 0.4) is 0 Å². The Morgan fingerprint density at radius 1 is 1.16 bits per heavy atom. The molecule has 9 heteroatoms. The maximum absolute atomic E-state index is 13.3. The van der Waals surface area contributed by atoms with Crippen LogP contribution >= 0.6 is 0 Å². The first kappa shape index (κ1) is 22.3. The molecule has 32 heavy (non-hydrogen) atoms. The number of sulfonamides is 1. The molecule has 170 valence electrons. The van der Waals surface area contributed by atoms with Gasteiger partial charge in [0.05, 0.1) is 24.5 Å². The lowest BCUT2D eigenvalue weighted by atomic mass is 10.00. The van der Waals surface area contributed by atoms with E-state index in [1.807, 2.05) is 38.1 Å². The molecule has 0 unspecified atom stereocenters. The molecular formula is C23H27N3O5S. The summed E-state index contributed by atoms with van der Waals surface area (Å²) in [6, 6.07) is 12.3. The van der Waals surface area contributed by atoms with E-state index in [1.54, 1.807) is 25.3 Å². The second-order valence-electron chi connectivity index (χ2n) is 7.74. The lowest BCUT2D eigenvalue weighted by Crippen LogP contribution is -2.39. The van der Waals surface area contributed by atoms with E-state index in [0.29, 0.717) is 37.2 Å². The fourth-order valence-corrected chi connectivity index (χ4v) is 5.47. The summed E-state index contributed by atoms with van der Waals surface area (Å²) in [5.41, 5.74) is 1.58. The summed E-state index contributed by atoms with van der Waals surface area (Å²) in [6.07, 6.45) is 1.51. The highest BCUT2D eigenvalue weighted by atomic mass is 32.2. The Labute approximate surface area is 188 Å². The molecule has 1 aliphatic rings. The van der Waals surface area contributed by atoms with Crippen molar-refractivity contribution in [3.05, 3.63) is 53.9 Å². The van der Waals surface area contributed by atoms with Crippen LogP contribution in [0.4, 0.5) is 0 Å². The lowest BCUT2D eigenvalue weighted by Gasteiger charge is -2.30. The summed E-state index contributed by atoms with van der Waals surface area (Å²) >= 11 is 0. The van der Waals surface area contributed by atoms with Gasteiger partial charge >= 0.3 is 0 Å². The van der Waals surface area contributed by atoms with Gasteiger partial charge in [0.25, 0.3) is 0 Å². The zero-order valence-corrected chi connectivity index (χ0v) is 19.3. The number of hydrogen-bond acceptors (Lipinski definition) is 7. The number of nitrogens with zero attached hydrogens (tertiary/aromatic N) is 3. The minimum Gasteiger partial charge on any atom is -0.497 e. The predicted molar refractivity (Wildman–Crippen MR) is 119 cm³/mol. The molecule has 0 bridgehead atoms. The first-order chi connectivity index (χ1) is 15.4. The minimum absolute atomic E-state index is 0.151. The Hall–Kier alpha value is -2.91. The average Bonchev–Trinajstić information content (AvgIpc) is 3.31. The van der Waals surface area contributed by atoms with E-state index < -0.39 is 10.0 Å². The van der Waals surface area contributed by atoms with E-state index in [-0.39, 0.29) is 10.8 Å². The Morgan fingerprint density at radius 3 is 2.62 bits per heavy atom. The van der Waals surface area contributed by atoms with Crippen molar-refractivity contribution in [2.24, 2.45) is 0 Å². The van der Waals surface area contributed by atoms with E-state index in [9.17, 15) is 8.42 Å². The van der Waals surface area contributed by atoms with E-state index in [1.165, 1.54) is 4.31 Å². The first-order valence-corrected chi connectivity index (χ1v) is 12.1. The van der Waals surface area contributed by atoms with Crippen LogP contribution in [-0.2, 0) is 10.0 Å². The Bertz CT molecular complexity index is 1170. The standard InChI is InChI=1S/C23H27N3O5S/c1-4-30-21-12-11-20(14-16(21)2)32(27,28)26-13-5-6-18(15-26)23-25-24-22(31-23)17-7-9-19(29-3)10-8-17/h7-12,14,18H,4-6,13,15H2,1-3H3/t18-/m0/s1. The van der Waals surface area contributed by atoms with Crippen molar-refractivity contribution in [3.8, 4) is 23.0 Å². The molecule has 1 saturated heterocycles. The molecule has 8 nitrogen and oxygen atoms in total. The molecule has 0 aliphatic carbocycles. The second-order valence-corrected chi connectivity index (χ2v) is 9.67. The topological polar surface area (TPSA) is 94.8 Å². The molecular weight excluding hydrogens is 430 g/mol. The van der Waals surface area contributed by atoms with Crippen molar-refractivity contribution in [2.45, 2.75) is 37.5 Å². The smallest absolute Gasteiger partial charge is 0.247 e. The monoisotopic (exact) mass is 457 g/mol. The van der Waals surface area contributed by atoms with Gasteiger partial charge in [-0.1, -0.05) is 0 Å². The van der Waals surface area contributed by atoms with E-state index in [4.69, 9.17) is 13.9 Å². The third-order valence-electron chi connectivity index (χ3n) is 5.59. The second kappa shape index (κ2) is 9.30. The van der Waals surface area contributed by atoms with Crippen LogP contribution in [0.15, 0.2) is 51.8 Å². The summed E-state index contributed by atoms with van der Waals surface area (Å²) < 4.78 is 44.7. The van der Waals surface area contributed by atoms with Crippen molar-refractivity contribution < 1.29 is 22.3 Å². The van der Waals surface area contributed by atoms with E-state index in [0.717, 1.165) is 29.7 Å². The third-order valence-corrected chi connectivity index (χ3v) is 7.46. The minimum atomic E-state index is -3.64. The number of piperidine rings is 1. The zero-order valence-electron chi connectivity index (χ0n) is 18.4. The zero-order chi connectivity index (χ0) is 22.7. The van der Waals surface area contributed by atoms with Crippen LogP contribution in [0.5, 0.6) is 11.5 Å². The van der Waals surface area contributed by atoms with Gasteiger partial charge < -0.3 is 13.9 Å². The molecule has 1 atom stereocenters. The van der Waals surface area contributed by atoms with Crippen molar-refractivity contribution in [3.63, 3.8) is 0 Å². The quantitative estimate of drug-likeness (QED) is 0.529. The van der Waals surface area contributed by atoms with Crippen molar-refractivity contribution in [1.82, 2.24) is 14.5 Å². The summed E-state index contributed by atoms with van der Waals surface area (Å²) in [7, 11) is -2.03. The largest absolute Gasteiger partial charge is 0.497 e. The van der Waals surface area contributed by atoms with Gasteiger partial charge in [-0.05, 0) is 74.7 Å². The number of rotatable bonds is 7. The highest BCUT2D eigenvalue weighted by molar-refractivity contribution is 7.89. The van der Waals surface area contributed by atoms with Crippen molar-refractivity contribution >= 4 is 10.0 Å². The number of hydrogen-bond donors (Lipinski definition) is 0. The number of benzene rings is 2. The maximum Gasteiger partial charge on any atom is 0.247 e. The van der Waals surface area contributed by atoms with Crippen LogP contribution in [0, 0.1) is 6.92 Å². The van der Waals surface area contributed by atoms with Crippen LogP contribution in [0.25, 0.3) is 11.5 Å². The van der Waals surface area contributed by atoms with Gasteiger partial charge in [-0.3, -0.25) is 0 Å². The Kier molecular flexibility index (Phi) is 6.48. The molecule has 3 aromatic rings. The molecule has 2 heterocycles. The molecule has 4 rings (SSSR count). The molecule has 0 radical (unpaired) electrons. The fraction of sp³-hybridized carbons (Fsp3) is 0.391.